The van der Waals surface area contributed by atoms with E-state index < -0.39 is 23.7 Å². The molecule has 0 aromatic heterocycles. The van der Waals surface area contributed by atoms with Gasteiger partial charge in [0, 0.05) is 29.3 Å². The van der Waals surface area contributed by atoms with Crippen LogP contribution in [0, 0.1) is 0 Å². The molecule has 2 atom stereocenters. The molecule has 0 unspecified atom stereocenters. The van der Waals surface area contributed by atoms with Crippen LogP contribution in [0.15, 0.2) is 78.0 Å². The van der Waals surface area contributed by atoms with E-state index in [4.69, 9.17) is 21.2 Å². The van der Waals surface area contributed by atoms with Gasteiger partial charge in [0.05, 0.1) is 12.3 Å². The molecule has 0 saturated carbocycles. The number of carboxylic acid groups (broad SMARTS) is 1. The number of ether oxygens (including phenoxy) is 1. The number of benzene rings is 3. The first-order valence-electron chi connectivity index (χ1n) is 11.8. The SMILES string of the molecule is O=C(O)[C@@H]1C[C@]2(CC(c3cccc(Cl)c3)=NO2)CN1C(=O)OCC1c2ccccc2-c2ccccc21. The van der Waals surface area contributed by atoms with Crippen LogP contribution in [0.1, 0.15) is 35.4 Å². The Morgan fingerprint density at radius 2 is 1.75 bits per heavy atom. The molecule has 1 aliphatic carbocycles. The normalized spacial score (nSPS) is 22.2. The van der Waals surface area contributed by atoms with E-state index in [9.17, 15) is 14.7 Å². The van der Waals surface area contributed by atoms with E-state index in [1.807, 2.05) is 48.5 Å². The quantitative estimate of drug-likeness (QED) is 0.522. The van der Waals surface area contributed by atoms with Gasteiger partial charge in [0.1, 0.15) is 12.6 Å². The van der Waals surface area contributed by atoms with Gasteiger partial charge in [0.15, 0.2) is 5.60 Å². The largest absolute Gasteiger partial charge is 0.480 e. The Morgan fingerprint density at radius 3 is 2.42 bits per heavy atom. The second kappa shape index (κ2) is 8.68. The first-order valence-corrected chi connectivity index (χ1v) is 12.2. The number of halogens is 1. The van der Waals surface area contributed by atoms with Gasteiger partial charge in [0.25, 0.3) is 0 Å². The molecule has 0 radical (unpaired) electrons. The maximum Gasteiger partial charge on any atom is 0.410 e. The van der Waals surface area contributed by atoms with Gasteiger partial charge in [-0.1, -0.05) is 77.4 Å². The number of nitrogens with zero attached hydrogens (tertiary/aromatic N) is 2. The summed E-state index contributed by atoms with van der Waals surface area (Å²) in [4.78, 5) is 32.3. The van der Waals surface area contributed by atoms with Crippen molar-refractivity contribution >= 4 is 29.4 Å². The molecule has 7 nitrogen and oxygen atoms in total. The zero-order chi connectivity index (χ0) is 24.9. The van der Waals surface area contributed by atoms with E-state index in [0.717, 1.165) is 27.8 Å². The molecule has 2 heterocycles. The summed E-state index contributed by atoms with van der Waals surface area (Å²) in [5.74, 6) is -1.21. The van der Waals surface area contributed by atoms with Gasteiger partial charge in [-0.05, 0) is 34.4 Å². The van der Waals surface area contributed by atoms with Crippen molar-refractivity contribution in [2.24, 2.45) is 5.16 Å². The number of carbonyl (C=O) groups excluding carboxylic acids is 1. The Morgan fingerprint density at radius 1 is 1.06 bits per heavy atom. The highest BCUT2D eigenvalue weighted by Gasteiger charge is 2.54. The second-order valence-corrected chi connectivity index (χ2v) is 9.93. The first kappa shape index (κ1) is 22.6. The molecule has 1 amide bonds. The Hall–Kier alpha value is -3.84. The zero-order valence-corrected chi connectivity index (χ0v) is 20.0. The predicted molar refractivity (Wildman–Crippen MR) is 134 cm³/mol. The summed E-state index contributed by atoms with van der Waals surface area (Å²) < 4.78 is 5.75. The summed E-state index contributed by atoms with van der Waals surface area (Å²) in [5.41, 5.74) is 5.02. The summed E-state index contributed by atoms with van der Waals surface area (Å²) in [6.45, 7) is 0.196. The third kappa shape index (κ3) is 3.80. The predicted octanol–water partition coefficient (Wildman–Crippen LogP) is 5.31. The number of likely N-dealkylation sites (tertiary alicyclic amines) is 1. The molecule has 3 aliphatic rings. The average Bonchev–Trinajstić information content (AvgIpc) is 3.57. The van der Waals surface area contributed by atoms with Gasteiger partial charge in [-0.15, -0.1) is 0 Å². The lowest BCUT2D eigenvalue weighted by Crippen LogP contribution is -2.42. The van der Waals surface area contributed by atoms with Crippen LogP contribution in [0.4, 0.5) is 4.79 Å². The topological polar surface area (TPSA) is 88.4 Å². The van der Waals surface area contributed by atoms with Gasteiger partial charge < -0.3 is 14.7 Å². The molecule has 1 saturated heterocycles. The number of rotatable bonds is 4. The van der Waals surface area contributed by atoms with Crippen LogP contribution in [-0.2, 0) is 14.4 Å². The lowest BCUT2D eigenvalue weighted by molar-refractivity contribution is -0.141. The van der Waals surface area contributed by atoms with Crippen LogP contribution in [0.5, 0.6) is 0 Å². The molecule has 182 valence electrons. The van der Waals surface area contributed by atoms with Crippen LogP contribution in [0.3, 0.4) is 0 Å². The fraction of sp³-hybridized carbons (Fsp3) is 0.250. The fourth-order valence-corrected chi connectivity index (χ4v) is 5.77. The fourth-order valence-electron chi connectivity index (χ4n) is 5.58. The summed E-state index contributed by atoms with van der Waals surface area (Å²) in [6.07, 6.45) is -0.161. The van der Waals surface area contributed by atoms with E-state index in [1.54, 1.807) is 12.1 Å². The van der Waals surface area contributed by atoms with Gasteiger partial charge in [-0.2, -0.15) is 0 Å². The Kier molecular flexibility index (Phi) is 5.45. The Labute approximate surface area is 212 Å². The van der Waals surface area contributed by atoms with Crippen LogP contribution in [0.2, 0.25) is 5.02 Å². The number of hydrogen-bond donors (Lipinski definition) is 1. The van der Waals surface area contributed by atoms with Crippen LogP contribution < -0.4 is 0 Å². The summed E-state index contributed by atoms with van der Waals surface area (Å²) in [6, 6.07) is 22.3. The highest BCUT2D eigenvalue weighted by atomic mass is 35.5. The molecule has 3 aromatic rings. The molecule has 1 N–H and O–H groups in total. The number of aliphatic carboxylic acids is 1. The number of fused-ring (bicyclic) bond motifs is 3. The van der Waals surface area contributed by atoms with Crippen molar-refractivity contribution in [2.75, 3.05) is 13.2 Å². The van der Waals surface area contributed by atoms with Crippen molar-refractivity contribution < 1.29 is 24.3 Å². The van der Waals surface area contributed by atoms with E-state index in [-0.39, 0.29) is 25.5 Å². The van der Waals surface area contributed by atoms with Crippen molar-refractivity contribution in [3.63, 3.8) is 0 Å². The van der Waals surface area contributed by atoms with E-state index >= 15 is 0 Å². The van der Waals surface area contributed by atoms with E-state index in [1.165, 1.54) is 4.90 Å². The minimum absolute atomic E-state index is 0.0776. The molecule has 1 spiro atoms. The average molecular weight is 503 g/mol. The third-order valence-electron chi connectivity index (χ3n) is 7.25. The Balaban J connectivity index is 1.18. The van der Waals surface area contributed by atoms with Crippen molar-refractivity contribution in [3.8, 4) is 11.1 Å². The number of carboxylic acids is 1. The van der Waals surface area contributed by atoms with Crippen LogP contribution in [-0.4, -0.2) is 52.6 Å². The van der Waals surface area contributed by atoms with Crippen molar-refractivity contribution in [1.29, 1.82) is 0 Å². The van der Waals surface area contributed by atoms with Crippen molar-refractivity contribution in [3.05, 3.63) is 94.5 Å². The summed E-state index contributed by atoms with van der Waals surface area (Å²) in [5, 5.41) is 14.7. The number of oxime groups is 1. The molecule has 8 heteroatoms. The number of hydrogen-bond acceptors (Lipinski definition) is 5. The van der Waals surface area contributed by atoms with E-state index in [2.05, 4.69) is 17.3 Å². The summed E-state index contributed by atoms with van der Waals surface area (Å²) >= 11 is 6.11. The lowest BCUT2D eigenvalue weighted by Gasteiger charge is -2.23. The van der Waals surface area contributed by atoms with Crippen LogP contribution >= 0.6 is 11.6 Å². The van der Waals surface area contributed by atoms with Gasteiger partial charge in [-0.25, -0.2) is 9.59 Å². The standard InChI is InChI=1S/C28H23ClN2O5/c29-18-7-5-6-17(12-18)24-13-28(36-30-24)14-25(26(32)33)31(16-28)27(34)35-15-23-21-10-3-1-8-19(21)20-9-2-4-11-22(20)23/h1-12,23,25H,13-16H2,(H,32,33)/t25-,28+/m0/s1. The molecule has 1 fully saturated rings. The van der Waals surface area contributed by atoms with Gasteiger partial charge >= 0.3 is 12.1 Å². The molecule has 0 bridgehead atoms. The van der Waals surface area contributed by atoms with E-state index in [0.29, 0.717) is 17.2 Å². The molecule has 2 aliphatic heterocycles. The minimum atomic E-state index is -1.10. The zero-order valence-electron chi connectivity index (χ0n) is 19.3. The second-order valence-electron chi connectivity index (χ2n) is 9.49. The lowest BCUT2D eigenvalue weighted by atomic mass is 9.92. The molecule has 3 aromatic carbocycles. The molecule has 36 heavy (non-hydrogen) atoms. The minimum Gasteiger partial charge on any atom is -0.480 e. The van der Waals surface area contributed by atoms with Crippen LogP contribution in [0.25, 0.3) is 11.1 Å². The monoisotopic (exact) mass is 502 g/mol. The first-order chi connectivity index (χ1) is 17.4. The maximum atomic E-state index is 13.2. The molecular weight excluding hydrogens is 480 g/mol. The van der Waals surface area contributed by atoms with Gasteiger partial charge in [-0.3, -0.25) is 4.90 Å². The molecule has 6 rings (SSSR count). The van der Waals surface area contributed by atoms with Crippen molar-refractivity contribution in [2.45, 2.75) is 30.4 Å². The van der Waals surface area contributed by atoms with Gasteiger partial charge in [0.2, 0.25) is 0 Å². The molecular formula is C28H23ClN2O5. The summed E-state index contributed by atoms with van der Waals surface area (Å²) in [7, 11) is 0. The smallest absolute Gasteiger partial charge is 0.410 e. The maximum absolute atomic E-state index is 13.2. The van der Waals surface area contributed by atoms with Crippen molar-refractivity contribution in [1.82, 2.24) is 4.90 Å². The highest BCUT2D eigenvalue weighted by Crippen LogP contribution is 2.45. The Bertz CT molecular complexity index is 1360. The highest BCUT2D eigenvalue weighted by molar-refractivity contribution is 6.31. The number of amides is 1. The third-order valence-corrected chi connectivity index (χ3v) is 7.49. The number of carbonyl (C=O) groups is 2.